The summed E-state index contributed by atoms with van der Waals surface area (Å²) >= 11 is 6.09. The second kappa shape index (κ2) is 25.7. The van der Waals surface area contributed by atoms with Gasteiger partial charge >= 0.3 is 31.8 Å². The highest BCUT2D eigenvalue weighted by molar-refractivity contribution is 7.86. The topological polar surface area (TPSA) is 502 Å². The second-order valence-corrected chi connectivity index (χ2v) is 21.1. The van der Waals surface area contributed by atoms with Crippen LogP contribution in [0.4, 0.5) is 51.2 Å². The van der Waals surface area contributed by atoms with E-state index in [2.05, 4.69) is 40.9 Å². The molecule has 0 bridgehead atoms. The number of aryl methyl sites for hydroxylation is 1. The first kappa shape index (κ1) is 61.9. The van der Waals surface area contributed by atoms with Crippen molar-refractivity contribution in [3.8, 4) is 17.2 Å². The van der Waals surface area contributed by atoms with E-state index in [1.165, 1.54) is 24.3 Å². The van der Waals surface area contributed by atoms with Gasteiger partial charge in [-0.05, 0) is 108 Å². The van der Waals surface area contributed by atoms with E-state index in [1.54, 1.807) is 42.5 Å². The lowest BCUT2D eigenvalue weighted by Gasteiger charge is -2.12. The third-order valence-electron chi connectivity index (χ3n) is 10.1. The first-order chi connectivity index (χ1) is 37.3. The van der Waals surface area contributed by atoms with E-state index < -0.39 is 105 Å². The van der Waals surface area contributed by atoms with E-state index in [1.807, 2.05) is 19.1 Å². The maximum absolute atomic E-state index is 12.6. The fraction of sp³-hybridized carbons (Fsp3) is 0.0233. The Bertz CT molecular complexity index is 4590. The van der Waals surface area contributed by atoms with Crippen molar-refractivity contribution in [3.05, 3.63) is 126 Å². The minimum atomic E-state index is -5.10. The van der Waals surface area contributed by atoms with Crippen LogP contribution in [0, 0.1) is 6.92 Å². The molecular formula is C43H30ClN9O21S6. The number of azo groups is 4. The van der Waals surface area contributed by atoms with Crippen LogP contribution in [0.2, 0.25) is 5.02 Å². The molecule has 0 unspecified atom stereocenters. The first-order valence-electron chi connectivity index (χ1n) is 20.7. The predicted octanol–water partition coefficient (Wildman–Crippen LogP) is 9.20. The smallest absolute Gasteiger partial charge is 0.425 e. The number of anilines is 1. The van der Waals surface area contributed by atoms with Crippen LogP contribution < -0.4 is 5.73 Å². The molecule has 0 radical (unpaired) electrons. The van der Waals surface area contributed by atoms with Crippen LogP contribution >= 0.6 is 11.6 Å². The number of rotatable bonds is 11. The lowest BCUT2D eigenvalue weighted by molar-refractivity contribution is 0.472. The van der Waals surface area contributed by atoms with Gasteiger partial charge in [-0.15, -0.1) is 63.5 Å². The van der Waals surface area contributed by atoms with Gasteiger partial charge in [-0.25, -0.2) is 0 Å². The van der Waals surface area contributed by atoms with Crippen LogP contribution in [0.15, 0.2) is 171 Å². The van der Waals surface area contributed by atoms with Gasteiger partial charge in [-0.1, -0.05) is 47.5 Å². The highest BCUT2D eigenvalue weighted by atomic mass is 35.5. The van der Waals surface area contributed by atoms with Crippen molar-refractivity contribution in [2.45, 2.75) is 21.6 Å². The standard InChI is InChI=1S/C43H30ClN9O12S3.3O3S/c1-21-2-7-25(8-3-21)46-49-32-14-5-22-16-26(10-12-29(22)41(32)54)47-50-33-15-6-24-18-35(67(60,61)62)39(38(45)37(24)43(33)56)52-48-27-9-4-23-17-36(68(63,64)65)40(42(55)30(23)19-27)53-51-34-20-28(66(57,58)59)11-13-31(34)44;3*1-4(2)3/h2-20,54-56H,45H2,1H3,(H,57,58,59)(H,60,61,62)(H,63,64,65);;;. The summed E-state index contributed by atoms with van der Waals surface area (Å²) < 4.78 is 179. The number of phenolic OH excluding ortho intramolecular Hbond substituents is 3. The molecular weight excluding hydrogens is 1210 g/mol. The second-order valence-electron chi connectivity index (χ2n) is 15.3. The van der Waals surface area contributed by atoms with Crippen molar-refractivity contribution >= 4 is 157 Å². The summed E-state index contributed by atoms with van der Waals surface area (Å²) in [5, 5.41) is 66.4. The van der Waals surface area contributed by atoms with Crippen LogP contribution in [-0.4, -0.2) is 92.1 Å². The molecule has 0 aliphatic rings. The van der Waals surface area contributed by atoms with Gasteiger partial charge in [0.25, 0.3) is 30.4 Å². The maximum atomic E-state index is 12.6. The summed E-state index contributed by atoms with van der Waals surface area (Å²) in [4.78, 5) is -2.36. The Kier molecular flexibility index (Phi) is 19.8. The van der Waals surface area contributed by atoms with E-state index in [4.69, 9.17) is 55.2 Å². The number of hydrogen-bond donors (Lipinski definition) is 7. The Labute approximate surface area is 458 Å². The Morgan fingerprint density at radius 3 is 1.44 bits per heavy atom. The lowest BCUT2D eigenvalue weighted by Crippen LogP contribution is -2.01. The molecule has 416 valence electrons. The van der Waals surface area contributed by atoms with Gasteiger partial charge in [0.1, 0.15) is 38.2 Å². The Morgan fingerprint density at radius 2 is 0.863 bits per heavy atom. The molecule has 37 heteroatoms. The summed E-state index contributed by atoms with van der Waals surface area (Å²) in [6, 6.07) is 26.5. The molecule has 8 aromatic rings. The van der Waals surface area contributed by atoms with E-state index in [0.29, 0.717) is 22.1 Å². The molecule has 8 N–H and O–H groups in total. The molecule has 0 saturated heterocycles. The number of nitrogen functional groups attached to an aromatic ring is 1. The molecule has 80 heavy (non-hydrogen) atoms. The van der Waals surface area contributed by atoms with Crippen LogP contribution in [-0.2, 0) is 62.2 Å². The van der Waals surface area contributed by atoms with Crippen LogP contribution in [0.1, 0.15) is 5.56 Å². The highest BCUT2D eigenvalue weighted by Gasteiger charge is 2.25. The maximum Gasteiger partial charge on any atom is 0.425 e. The molecule has 30 nitrogen and oxygen atoms in total. The molecule has 0 amide bonds. The van der Waals surface area contributed by atoms with Crippen LogP contribution in [0.5, 0.6) is 17.2 Å². The van der Waals surface area contributed by atoms with Crippen LogP contribution in [0.3, 0.4) is 0 Å². The quantitative estimate of drug-likeness (QED) is 0.0360. The van der Waals surface area contributed by atoms with Crippen LogP contribution in [0.25, 0.3) is 32.3 Å². The minimum Gasteiger partial charge on any atom is -0.505 e. The number of aromatic hydroxyl groups is 3. The SMILES string of the molecule is Cc1ccc(N=Nc2ccc3cc(N=Nc4ccc5cc(S(=O)(=O)O)c(N=Nc6ccc7cc(S(=O)(=O)O)c(N=Nc8cc(S(=O)(=O)O)ccc8Cl)c(O)c7c6)c(N)c5c4O)ccc3c2O)cc1.O=S(=O)=O.O=S(=O)=O.O=S(=O)=O. The van der Waals surface area contributed by atoms with Gasteiger partial charge in [0.05, 0.1) is 38.1 Å². The lowest BCUT2D eigenvalue weighted by atomic mass is 10.1. The Hall–Kier alpha value is -8.98. The zero-order valence-corrected chi connectivity index (χ0v) is 44.9. The molecule has 0 aliphatic heterocycles. The van der Waals surface area contributed by atoms with E-state index in [9.17, 15) is 54.2 Å². The zero-order chi connectivity index (χ0) is 59.6. The van der Waals surface area contributed by atoms with Gasteiger partial charge in [0, 0.05) is 10.8 Å². The van der Waals surface area contributed by atoms with Crippen molar-refractivity contribution in [3.63, 3.8) is 0 Å². The monoisotopic (exact) mass is 1230 g/mol. The molecule has 0 aliphatic carbocycles. The number of nitrogens with zero attached hydrogens (tertiary/aromatic N) is 8. The van der Waals surface area contributed by atoms with Gasteiger partial charge in [0.2, 0.25) is 0 Å². The van der Waals surface area contributed by atoms with Gasteiger partial charge in [0.15, 0.2) is 17.2 Å². The molecule has 8 aromatic carbocycles. The molecule has 0 saturated carbocycles. The number of fused-ring (bicyclic) bond motifs is 3. The average molecular weight is 1240 g/mol. The zero-order valence-electron chi connectivity index (χ0n) is 39.3. The molecule has 8 rings (SSSR count). The fourth-order valence-electron chi connectivity index (χ4n) is 6.73. The summed E-state index contributed by atoms with van der Waals surface area (Å²) in [5.74, 6) is -1.55. The third kappa shape index (κ3) is 16.3. The molecule has 0 heterocycles. The molecule has 0 atom stereocenters. The molecule has 0 aromatic heterocycles. The van der Waals surface area contributed by atoms with E-state index in [0.717, 1.165) is 42.0 Å². The first-order valence-corrected chi connectivity index (χ1v) is 28.4. The van der Waals surface area contributed by atoms with Crippen molar-refractivity contribution < 1.29 is 92.1 Å². The van der Waals surface area contributed by atoms with Gasteiger partial charge < -0.3 is 21.1 Å². The average Bonchev–Trinajstić information content (AvgIpc) is 3.35. The highest BCUT2D eigenvalue weighted by Crippen LogP contribution is 2.47. The molecule has 0 fully saturated rings. The van der Waals surface area contributed by atoms with Gasteiger partial charge in [-0.3, -0.25) is 13.7 Å². The number of halogens is 1. The summed E-state index contributed by atoms with van der Waals surface area (Å²) in [7, 11) is -24.2. The van der Waals surface area contributed by atoms with Crippen molar-refractivity contribution in [2.24, 2.45) is 40.9 Å². The predicted molar refractivity (Wildman–Crippen MR) is 279 cm³/mol. The normalized spacial score (nSPS) is 11.8. The van der Waals surface area contributed by atoms with Gasteiger partial charge in [-0.2, -0.15) is 40.6 Å². The number of nitrogens with two attached hydrogens (primary N) is 1. The number of phenols is 3. The van der Waals surface area contributed by atoms with E-state index in [-0.39, 0.29) is 55.1 Å². The molecule has 0 spiro atoms. The largest absolute Gasteiger partial charge is 0.505 e. The van der Waals surface area contributed by atoms with Crippen molar-refractivity contribution in [1.29, 1.82) is 0 Å². The van der Waals surface area contributed by atoms with E-state index >= 15 is 0 Å². The number of hydrogen-bond acceptors (Lipinski definition) is 27. The Morgan fingerprint density at radius 1 is 0.425 bits per heavy atom. The number of benzene rings is 8. The fourth-order valence-corrected chi connectivity index (χ4v) is 8.72. The minimum absolute atomic E-state index is 0.00251. The van der Waals surface area contributed by atoms with Crippen molar-refractivity contribution in [2.75, 3.05) is 5.73 Å². The summed E-state index contributed by atoms with van der Waals surface area (Å²) in [5.41, 5.74) is 6.10. The third-order valence-corrected chi connectivity index (χ3v) is 13.0. The summed E-state index contributed by atoms with van der Waals surface area (Å²) in [6.07, 6.45) is 0. The van der Waals surface area contributed by atoms with Crippen molar-refractivity contribution in [1.82, 2.24) is 0 Å². The summed E-state index contributed by atoms with van der Waals surface area (Å²) in [6.45, 7) is 1.95. The Balaban J connectivity index is 0.000000892.